The zero-order valence-corrected chi connectivity index (χ0v) is 19.4. The SMILES string of the molecule is CCN(CC)CCN1C(=O)C(=O)/C(=C(\O)c2ccc(OC)c(C(C)C)c2)C1c1ccco1. The molecule has 2 heterocycles. The van der Waals surface area contributed by atoms with Crippen molar-refractivity contribution in [2.45, 2.75) is 39.7 Å². The second-order valence-corrected chi connectivity index (χ2v) is 8.15. The molecule has 1 N–H and O–H groups in total. The van der Waals surface area contributed by atoms with Crippen molar-refractivity contribution in [1.29, 1.82) is 0 Å². The number of Topliss-reactive ketones (excluding diaryl/α,β-unsaturated/α-hetero) is 1. The number of aliphatic hydroxyl groups excluding tert-OH is 1. The molecule has 7 heteroatoms. The normalized spacial score (nSPS) is 18.2. The molecule has 1 amide bonds. The number of ether oxygens (including phenoxy) is 1. The lowest BCUT2D eigenvalue weighted by Gasteiger charge is -2.26. The second-order valence-electron chi connectivity index (χ2n) is 8.15. The van der Waals surface area contributed by atoms with E-state index in [4.69, 9.17) is 9.15 Å². The van der Waals surface area contributed by atoms with Crippen LogP contribution in [0.25, 0.3) is 5.76 Å². The highest BCUT2D eigenvalue weighted by Crippen LogP contribution is 2.40. The molecule has 1 aromatic heterocycles. The van der Waals surface area contributed by atoms with Crippen LogP contribution in [-0.2, 0) is 9.59 Å². The largest absolute Gasteiger partial charge is 0.507 e. The van der Waals surface area contributed by atoms with Gasteiger partial charge in [0.25, 0.3) is 11.7 Å². The number of benzene rings is 1. The Balaban J connectivity index is 2.09. The Bertz CT molecular complexity index is 990. The molecule has 0 spiro atoms. The number of carbonyl (C=O) groups excluding carboxylic acids is 2. The Morgan fingerprint density at radius 1 is 1.22 bits per heavy atom. The zero-order chi connectivity index (χ0) is 23.4. The molecule has 1 aromatic carbocycles. The van der Waals surface area contributed by atoms with Gasteiger partial charge in [0.15, 0.2) is 0 Å². The number of likely N-dealkylation sites (tertiary alicyclic amines) is 1. The van der Waals surface area contributed by atoms with Crippen molar-refractivity contribution in [3.05, 3.63) is 59.1 Å². The number of likely N-dealkylation sites (N-methyl/N-ethyl adjacent to an activating group) is 1. The molecule has 3 rings (SSSR count). The first kappa shape index (κ1) is 23.6. The van der Waals surface area contributed by atoms with Crippen LogP contribution in [0, 0.1) is 0 Å². The number of hydrogen-bond donors (Lipinski definition) is 1. The average molecular weight is 441 g/mol. The number of methoxy groups -OCH3 is 1. The second kappa shape index (κ2) is 10.0. The van der Waals surface area contributed by atoms with Gasteiger partial charge in [0.2, 0.25) is 0 Å². The Morgan fingerprint density at radius 2 is 1.94 bits per heavy atom. The Morgan fingerprint density at radius 3 is 2.50 bits per heavy atom. The molecule has 1 atom stereocenters. The number of amides is 1. The van der Waals surface area contributed by atoms with E-state index in [0.717, 1.165) is 18.7 Å². The van der Waals surface area contributed by atoms with E-state index in [1.54, 1.807) is 37.4 Å². The molecule has 32 heavy (non-hydrogen) atoms. The maximum absolute atomic E-state index is 13.1. The third-order valence-electron chi connectivity index (χ3n) is 6.03. The zero-order valence-electron chi connectivity index (χ0n) is 19.4. The minimum atomic E-state index is -0.773. The van der Waals surface area contributed by atoms with Crippen molar-refractivity contribution in [2.75, 3.05) is 33.3 Å². The van der Waals surface area contributed by atoms with E-state index in [1.807, 2.05) is 13.8 Å². The predicted octanol–water partition coefficient (Wildman–Crippen LogP) is 4.18. The maximum atomic E-state index is 13.1. The maximum Gasteiger partial charge on any atom is 0.295 e. The van der Waals surface area contributed by atoms with Gasteiger partial charge in [-0.05, 0) is 54.9 Å². The summed E-state index contributed by atoms with van der Waals surface area (Å²) in [6, 6.07) is 7.93. The highest BCUT2D eigenvalue weighted by Gasteiger charge is 2.47. The highest BCUT2D eigenvalue weighted by molar-refractivity contribution is 6.46. The number of carbonyl (C=O) groups is 2. The minimum absolute atomic E-state index is 0.0457. The van der Waals surface area contributed by atoms with E-state index in [2.05, 4.69) is 18.7 Å². The van der Waals surface area contributed by atoms with Crippen LogP contribution in [0.4, 0.5) is 0 Å². The summed E-state index contributed by atoms with van der Waals surface area (Å²) < 4.78 is 11.0. The summed E-state index contributed by atoms with van der Waals surface area (Å²) >= 11 is 0. The van der Waals surface area contributed by atoms with Gasteiger partial charge in [-0.3, -0.25) is 9.59 Å². The van der Waals surface area contributed by atoms with Gasteiger partial charge < -0.3 is 24.1 Å². The summed E-state index contributed by atoms with van der Waals surface area (Å²) in [5.74, 6) is -0.237. The van der Waals surface area contributed by atoms with Crippen LogP contribution < -0.4 is 4.74 Å². The van der Waals surface area contributed by atoms with E-state index in [9.17, 15) is 14.7 Å². The molecule has 1 unspecified atom stereocenters. The van der Waals surface area contributed by atoms with Crippen LogP contribution in [0.15, 0.2) is 46.6 Å². The molecule has 1 aliphatic rings. The van der Waals surface area contributed by atoms with E-state index in [0.29, 0.717) is 30.2 Å². The monoisotopic (exact) mass is 440 g/mol. The first-order valence-corrected chi connectivity index (χ1v) is 11.1. The van der Waals surface area contributed by atoms with Crippen molar-refractivity contribution in [2.24, 2.45) is 0 Å². The van der Waals surface area contributed by atoms with Gasteiger partial charge in [-0.15, -0.1) is 0 Å². The third-order valence-corrected chi connectivity index (χ3v) is 6.03. The van der Waals surface area contributed by atoms with Crippen molar-refractivity contribution < 1.29 is 23.8 Å². The van der Waals surface area contributed by atoms with Crippen molar-refractivity contribution in [1.82, 2.24) is 9.80 Å². The molecule has 172 valence electrons. The first-order chi connectivity index (χ1) is 15.3. The quantitative estimate of drug-likeness (QED) is 0.358. The predicted molar refractivity (Wildman–Crippen MR) is 123 cm³/mol. The lowest BCUT2D eigenvalue weighted by atomic mass is 9.95. The molecular weight excluding hydrogens is 408 g/mol. The number of nitrogens with zero attached hydrogens (tertiary/aromatic N) is 2. The first-order valence-electron chi connectivity index (χ1n) is 11.1. The van der Waals surface area contributed by atoms with Crippen LogP contribution >= 0.6 is 0 Å². The van der Waals surface area contributed by atoms with E-state index < -0.39 is 17.7 Å². The van der Waals surface area contributed by atoms with Crippen molar-refractivity contribution in [3.8, 4) is 5.75 Å². The van der Waals surface area contributed by atoms with Gasteiger partial charge in [-0.2, -0.15) is 0 Å². The number of ketones is 1. The Labute approximate surface area is 189 Å². The smallest absolute Gasteiger partial charge is 0.295 e. The summed E-state index contributed by atoms with van der Waals surface area (Å²) in [7, 11) is 1.60. The summed E-state index contributed by atoms with van der Waals surface area (Å²) in [5, 5.41) is 11.2. The topological polar surface area (TPSA) is 83.2 Å². The molecule has 7 nitrogen and oxygen atoms in total. The fourth-order valence-electron chi connectivity index (χ4n) is 4.13. The molecule has 0 radical (unpaired) electrons. The molecule has 1 fully saturated rings. The van der Waals surface area contributed by atoms with Crippen molar-refractivity contribution in [3.63, 3.8) is 0 Å². The molecule has 1 aliphatic heterocycles. The molecule has 1 saturated heterocycles. The van der Waals surface area contributed by atoms with Gasteiger partial charge in [-0.1, -0.05) is 27.7 Å². The van der Waals surface area contributed by atoms with Crippen LogP contribution in [-0.4, -0.2) is 59.9 Å². The molecule has 0 saturated carbocycles. The fraction of sp³-hybridized carbons (Fsp3) is 0.440. The van der Waals surface area contributed by atoms with Crippen LogP contribution in [0.5, 0.6) is 5.75 Å². The lowest BCUT2D eigenvalue weighted by Crippen LogP contribution is -2.37. The number of rotatable bonds is 9. The van der Waals surface area contributed by atoms with Crippen molar-refractivity contribution >= 4 is 17.4 Å². The van der Waals surface area contributed by atoms with E-state index in [1.165, 1.54) is 11.2 Å². The Hall–Kier alpha value is -3.06. The van der Waals surface area contributed by atoms with Crippen LogP contribution in [0.2, 0.25) is 0 Å². The van der Waals surface area contributed by atoms with Gasteiger partial charge in [-0.25, -0.2) is 0 Å². The average Bonchev–Trinajstić information content (AvgIpc) is 3.41. The lowest BCUT2D eigenvalue weighted by molar-refractivity contribution is -0.140. The standard InChI is InChI=1S/C25H32N2O5/c1-6-26(7-2)12-13-27-22(20-9-8-14-32-20)21(24(29)25(27)30)23(28)17-10-11-19(31-5)18(15-17)16(3)4/h8-11,14-16,22,28H,6-7,12-13H2,1-5H3/b23-21-. The fourth-order valence-corrected chi connectivity index (χ4v) is 4.13. The summed E-state index contributed by atoms with van der Waals surface area (Å²) in [6.07, 6.45) is 1.50. The third kappa shape index (κ3) is 4.43. The number of hydrogen-bond acceptors (Lipinski definition) is 6. The van der Waals surface area contributed by atoms with Crippen LogP contribution in [0.1, 0.15) is 56.5 Å². The number of furan rings is 1. The van der Waals surface area contributed by atoms with E-state index in [-0.39, 0.29) is 17.3 Å². The molecule has 0 aliphatic carbocycles. The van der Waals surface area contributed by atoms with Gasteiger partial charge in [0, 0.05) is 18.7 Å². The molecular formula is C25H32N2O5. The molecule has 0 bridgehead atoms. The van der Waals surface area contributed by atoms with Gasteiger partial charge in [0.1, 0.15) is 23.3 Å². The minimum Gasteiger partial charge on any atom is -0.507 e. The van der Waals surface area contributed by atoms with Gasteiger partial charge in [0.05, 0.1) is 18.9 Å². The van der Waals surface area contributed by atoms with Crippen LogP contribution in [0.3, 0.4) is 0 Å². The number of aliphatic hydroxyl groups is 1. The summed E-state index contributed by atoms with van der Waals surface area (Å²) in [4.78, 5) is 29.7. The van der Waals surface area contributed by atoms with E-state index >= 15 is 0 Å². The summed E-state index contributed by atoms with van der Waals surface area (Å²) in [6.45, 7) is 10.8. The highest BCUT2D eigenvalue weighted by atomic mass is 16.5. The Kier molecular flexibility index (Phi) is 7.40. The molecule has 2 aromatic rings. The summed E-state index contributed by atoms with van der Waals surface area (Å²) in [5.41, 5.74) is 1.42. The van der Waals surface area contributed by atoms with Gasteiger partial charge >= 0.3 is 0 Å².